The van der Waals surface area contributed by atoms with E-state index in [1.165, 1.54) is 37.8 Å². The van der Waals surface area contributed by atoms with Crippen molar-refractivity contribution in [1.82, 2.24) is 4.98 Å². The average Bonchev–Trinajstić information content (AvgIpc) is 3.20. The Morgan fingerprint density at radius 1 is 1.00 bits per heavy atom. The topological polar surface area (TPSA) is 51.2 Å². The Hall–Kier alpha value is -3.47. The lowest BCUT2D eigenvalue weighted by Gasteiger charge is -2.28. The van der Waals surface area contributed by atoms with Gasteiger partial charge in [-0.2, -0.15) is 0 Å². The van der Waals surface area contributed by atoms with Crippen LogP contribution in [0.3, 0.4) is 0 Å². The van der Waals surface area contributed by atoms with Crippen molar-refractivity contribution in [3.05, 3.63) is 90.5 Å². The number of halogens is 1. The van der Waals surface area contributed by atoms with Crippen molar-refractivity contribution in [1.29, 1.82) is 0 Å². The van der Waals surface area contributed by atoms with Crippen LogP contribution < -0.4 is 5.32 Å². The van der Waals surface area contributed by atoms with Crippen LogP contribution in [0.1, 0.15) is 37.8 Å². The number of ether oxygens (including phenoxy) is 1. The molecule has 3 aromatic rings. The highest BCUT2D eigenvalue weighted by Crippen LogP contribution is 2.48. The second-order valence-electron chi connectivity index (χ2n) is 9.30. The average molecular weight is 457 g/mol. The molecule has 5 rings (SSSR count). The maximum Gasteiger partial charge on any atom is 0.411 e. The zero-order valence-corrected chi connectivity index (χ0v) is 19.1. The predicted molar refractivity (Wildman–Crippen MR) is 133 cm³/mol. The first-order chi connectivity index (χ1) is 16.7. The summed E-state index contributed by atoms with van der Waals surface area (Å²) in [7, 11) is 0. The number of carbonyl (C=O) groups excluding carboxylic acids is 1. The number of para-hydroxylation sites is 1. The van der Waals surface area contributed by atoms with Gasteiger partial charge < -0.3 is 4.74 Å². The molecule has 174 valence electrons. The van der Waals surface area contributed by atoms with Gasteiger partial charge in [-0.05, 0) is 66.6 Å². The molecule has 0 aliphatic heterocycles. The molecule has 2 aromatic carbocycles. The minimum Gasteiger partial charge on any atom is -0.445 e. The van der Waals surface area contributed by atoms with E-state index in [0.29, 0.717) is 11.8 Å². The zero-order valence-electron chi connectivity index (χ0n) is 19.1. The number of pyridine rings is 1. The molecule has 1 unspecified atom stereocenters. The molecule has 0 bridgehead atoms. The Bertz CT molecular complexity index is 1150. The van der Waals surface area contributed by atoms with Crippen LogP contribution in [-0.4, -0.2) is 17.2 Å². The Morgan fingerprint density at radius 2 is 1.85 bits per heavy atom. The summed E-state index contributed by atoms with van der Waals surface area (Å²) in [5, 5.41) is 2.85. The van der Waals surface area contributed by atoms with Crippen molar-refractivity contribution in [2.24, 2.45) is 17.8 Å². The third kappa shape index (κ3) is 5.19. The van der Waals surface area contributed by atoms with Gasteiger partial charge in [-0.25, -0.2) is 9.18 Å². The number of hydrogen-bond donors (Lipinski definition) is 1. The fourth-order valence-corrected chi connectivity index (χ4v) is 5.52. The molecule has 2 saturated carbocycles. The smallest absolute Gasteiger partial charge is 0.411 e. The summed E-state index contributed by atoms with van der Waals surface area (Å²) in [5.74, 6) is 1.05. The third-order valence-electron chi connectivity index (χ3n) is 7.14. The number of anilines is 1. The number of amides is 1. The van der Waals surface area contributed by atoms with E-state index in [1.807, 2.05) is 54.6 Å². The van der Waals surface area contributed by atoms with E-state index in [1.54, 1.807) is 12.3 Å². The van der Waals surface area contributed by atoms with E-state index in [2.05, 4.69) is 16.4 Å². The first-order valence-electron chi connectivity index (χ1n) is 12.1. The molecule has 1 amide bonds. The van der Waals surface area contributed by atoms with Gasteiger partial charge in [0.2, 0.25) is 0 Å². The lowest BCUT2D eigenvalue weighted by Crippen LogP contribution is -2.27. The van der Waals surface area contributed by atoms with Crippen molar-refractivity contribution < 1.29 is 13.9 Å². The first-order valence-corrected chi connectivity index (χ1v) is 12.1. The molecule has 1 aromatic heterocycles. The third-order valence-corrected chi connectivity index (χ3v) is 7.14. The Kier molecular flexibility index (Phi) is 6.70. The summed E-state index contributed by atoms with van der Waals surface area (Å²) < 4.78 is 19.5. The summed E-state index contributed by atoms with van der Waals surface area (Å²) in [6, 6.07) is 19.8. The van der Waals surface area contributed by atoms with Crippen LogP contribution in [0.15, 0.2) is 79.0 Å². The number of fused-ring (bicyclic) bond motifs is 1. The lowest BCUT2D eigenvalue weighted by atomic mass is 9.78. The number of aromatic nitrogens is 1. The molecule has 0 radical (unpaired) electrons. The van der Waals surface area contributed by atoms with Gasteiger partial charge in [-0.15, -0.1) is 0 Å². The normalized spacial score (nSPS) is 24.0. The summed E-state index contributed by atoms with van der Waals surface area (Å²) in [6.07, 6.45) is 11.2. The van der Waals surface area contributed by atoms with Crippen LogP contribution >= 0.6 is 0 Å². The fourth-order valence-electron chi connectivity index (χ4n) is 5.52. The van der Waals surface area contributed by atoms with Crippen LogP contribution in [0.25, 0.3) is 17.2 Å². The van der Waals surface area contributed by atoms with Crippen molar-refractivity contribution in [2.45, 2.75) is 38.2 Å². The maximum atomic E-state index is 13.5. The molecule has 4 atom stereocenters. The molecule has 34 heavy (non-hydrogen) atoms. The highest BCUT2D eigenvalue weighted by molar-refractivity contribution is 5.84. The van der Waals surface area contributed by atoms with Crippen LogP contribution in [0.4, 0.5) is 14.9 Å². The van der Waals surface area contributed by atoms with E-state index in [4.69, 9.17) is 4.74 Å². The molecule has 0 spiro atoms. The number of nitrogens with zero attached hydrogens (tertiary/aromatic N) is 1. The van der Waals surface area contributed by atoms with Crippen LogP contribution in [0.2, 0.25) is 0 Å². The Labute approximate surface area is 199 Å². The quantitative estimate of drug-likeness (QED) is 0.437. The van der Waals surface area contributed by atoms with Gasteiger partial charge in [-0.3, -0.25) is 10.3 Å². The highest BCUT2D eigenvalue weighted by atomic mass is 19.1. The summed E-state index contributed by atoms with van der Waals surface area (Å²) in [4.78, 5) is 17.2. The van der Waals surface area contributed by atoms with Gasteiger partial charge in [0, 0.05) is 23.4 Å². The van der Waals surface area contributed by atoms with Gasteiger partial charge in [0.25, 0.3) is 0 Å². The van der Waals surface area contributed by atoms with Crippen LogP contribution in [-0.2, 0) is 4.74 Å². The number of nitrogens with one attached hydrogen (secondary N) is 1. The largest absolute Gasteiger partial charge is 0.445 e. The maximum absolute atomic E-state index is 13.5. The van der Waals surface area contributed by atoms with Crippen molar-refractivity contribution >= 4 is 17.9 Å². The first kappa shape index (κ1) is 22.3. The van der Waals surface area contributed by atoms with Crippen LogP contribution in [0, 0.1) is 23.6 Å². The molecule has 4 nitrogen and oxygen atoms in total. The van der Waals surface area contributed by atoms with E-state index in [9.17, 15) is 9.18 Å². The van der Waals surface area contributed by atoms with Crippen molar-refractivity contribution in [3.8, 4) is 11.1 Å². The molecule has 2 aliphatic rings. The molecule has 1 heterocycles. The van der Waals surface area contributed by atoms with Gasteiger partial charge in [-0.1, -0.05) is 61.7 Å². The van der Waals surface area contributed by atoms with Gasteiger partial charge in [0.1, 0.15) is 11.9 Å². The molecule has 2 fully saturated rings. The molecular formula is C29H29FN2O2. The number of carbonyl (C=O) groups is 1. The van der Waals surface area contributed by atoms with E-state index in [0.717, 1.165) is 28.9 Å². The fraction of sp³-hybridized carbons (Fsp3) is 0.310. The molecule has 0 saturated heterocycles. The van der Waals surface area contributed by atoms with E-state index in [-0.39, 0.29) is 17.8 Å². The standard InChI is InChI=1S/C29H29FN2O2/c30-23-9-6-8-20(17-23)22-13-14-24(31-19-22)15-16-27-26-12-5-4-7-21(26)18-28(27)34-29(33)32-25-10-2-1-3-11-25/h1-3,6,8-11,13-17,19,21,26-28H,4-5,7,12,18H2,(H,32,33)/b16-15+/t21-,26-,27+,28?/m0/s1. The monoisotopic (exact) mass is 456 g/mol. The molecule has 2 aliphatic carbocycles. The van der Waals surface area contributed by atoms with E-state index >= 15 is 0 Å². The van der Waals surface area contributed by atoms with E-state index < -0.39 is 6.09 Å². The highest BCUT2D eigenvalue weighted by Gasteiger charge is 2.44. The molecule has 1 N–H and O–H groups in total. The number of rotatable bonds is 5. The number of hydrogen-bond acceptors (Lipinski definition) is 3. The SMILES string of the molecule is O=C(Nc1ccccc1)OC1C[C@@H]2CCCC[C@@H]2[C@H]1/C=C/c1ccc(-c2cccc(F)c2)cn1. The van der Waals surface area contributed by atoms with Gasteiger partial charge >= 0.3 is 6.09 Å². The molecule has 5 heteroatoms. The Morgan fingerprint density at radius 3 is 2.65 bits per heavy atom. The summed E-state index contributed by atoms with van der Waals surface area (Å²) in [6.45, 7) is 0. The van der Waals surface area contributed by atoms with Gasteiger partial charge in [0.15, 0.2) is 0 Å². The second kappa shape index (κ2) is 10.2. The van der Waals surface area contributed by atoms with Crippen LogP contribution in [0.5, 0.6) is 0 Å². The minimum absolute atomic E-state index is 0.139. The number of benzene rings is 2. The minimum atomic E-state index is -0.397. The van der Waals surface area contributed by atoms with Crippen molar-refractivity contribution in [2.75, 3.05) is 5.32 Å². The zero-order chi connectivity index (χ0) is 23.3. The lowest BCUT2D eigenvalue weighted by molar-refractivity contribution is 0.0921. The van der Waals surface area contributed by atoms with Gasteiger partial charge in [0.05, 0.1) is 5.69 Å². The predicted octanol–water partition coefficient (Wildman–Crippen LogP) is 7.34. The summed E-state index contributed by atoms with van der Waals surface area (Å²) >= 11 is 0. The Balaban J connectivity index is 1.29. The summed E-state index contributed by atoms with van der Waals surface area (Å²) in [5.41, 5.74) is 3.26. The molecular weight excluding hydrogens is 427 g/mol. The second-order valence-corrected chi connectivity index (χ2v) is 9.30. The van der Waals surface area contributed by atoms with Crippen molar-refractivity contribution in [3.63, 3.8) is 0 Å².